The highest BCUT2D eigenvalue weighted by atomic mass is 35.5. The molecule has 0 aliphatic rings. The summed E-state index contributed by atoms with van der Waals surface area (Å²) in [6, 6.07) is 4.66. The van der Waals surface area contributed by atoms with E-state index in [2.05, 4.69) is 0 Å². The number of hydrogen-bond donors (Lipinski definition) is 1. The van der Waals surface area contributed by atoms with Gasteiger partial charge in [0.1, 0.15) is 5.82 Å². The number of H-pyrrole nitrogens is 1. The van der Waals surface area contributed by atoms with Gasteiger partial charge in [0.2, 0.25) is 5.82 Å². The van der Waals surface area contributed by atoms with E-state index in [0.717, 1.165) is 12.1 Å². The van der Waals surface area contributed by atoms with E-state index in [-0.39, 0.29) is 5.69 Å². The molecule has 0 unspecified atom stereocenters. The summed E-state index contributed by atoms with van der Waals surface area (Å²) in [5.74, 6) is -1.94. The van der Waals surface area contributed by atoms with Crippen LogP contribution in [0.1, 0.15) is 0 Å². The molecule has 0 atom stereocenters. The third-order valence-corrected chi connectivity index (χ3v) is 2.33. The minimum atomic E-state index is -1.30. The number of nitrogens with zero attached hydrogens (tertiary/aromatic N) is 1. The summed E-state index contributed by atoms with van der Waals surface area (Å²) < 4.78 is 26.6. The molecule has 7 heteroatoms. The number of benzene rings is 1. The van der Waals surface area contributed by atoms with Crippen molar-refractivity contribution < 1.29 is 8.78 Å². The van der Waals surface area contributed by atoms with Crippen LogP contribution in [0.3, 0.4) is 0 Å². The van der Waals surface area contributed by atoms with E-state index in [9.17, 15) is 18.4 Å². The molecule has 2 rings (SSSR count). The third kappa shape index (κ3) is 1.99. The summed E-state index contributed by atoms with van der Waals surface area (Å²) in [5.41, 5.74) is -2.25. The predicted molar refractivity (Wildman–Crippen MR) is 57.6 cm³/mol. The lowest BCUT2D eigenvalue weighted by Crippen LogP contribution is -2.35. The van der Waals surface area contributed by atoms with Gasteiger partial charge < -0.3 is 0 Å². The first-order valence-corrected chi connectivity index (χ1v) is 4.85. The summed E-state index contributed by atoms with van der Waals surface area (Å²) in [7, 11) is 0. The quantitative estimate of drug-likeness (QED) is 0.788. The van der Waals surface area contributed by atoms with Crippen LogP contribution in [-0.2, 0) is 0 Å². The number of aromatic nitrogens is 2. The summed E-state index contributed by atoms with van der Waals surface area (Å²) in [5, 5.41) is -0.673. The first kappa shape index (κ1) is 11.5. The standard InChI is InChI=1S/C10H5ClF2N2O2/c11-8-7(13)9(16)15(10(17)14-8)6-3-1-2-5(12)4-6/h1-4H,(H,14,17). The van der Waals surface area contributed by atoms with E-state index >= 15 is 0 Å². The molecule has 0 aliphatic carbocycles. The van der Waals surface area contributed by atoms with Crippen LogP contribution in [0.25, 0.3) is 5.69 Å². The molecule has 4 nitrogen and oxygen atoms in total. The molecule has 1 aromatic carbocycles. The highest BCUT2D eigenvalue weighted by molar-refractivity contribution is 6.29. The van der Waals surface area contributed by atoms with Crippen LogP contribution in [0.2, 0.25) is 5.15 Å². The van der Waals surface area contributed by atoms with Crippen molar-refractivity contribution in [2.24, 2.45) is 0 Å². The molecule has 0 saturated heterocycles. The lowest BCUT2D eigenvalue weighted by molar-refractivity contribution is 0.582. The van der Waals surface area contributed by atoms with E-state index < -0.39 is 28.0 Å². The molecule has 17 heavy (non-hydrogen) atoms. The molecular formula is C10H5ClF2N2O2. The SMILES string of the molecule is O=c1[nH]c(Cl)c(F)c(=O)n1-c1cccc(F)c1. The van der Waals surface area contributed by atoms with Gasteiger partial charge in [-0.05, 0) is 18.2 Å². The van der Waals surface area contributed by atoms with Gasteiger partial charge in [-0.2, -0.15) is 4.39 Å². The van der Waals surface area contributed by atoms with Crippen LogP contribution < -0.4 is 11.2 Å². The van der Waals surface area contributed by atoms with Gasteiger partial charge in [-0.25, -0.2) is 13.8 Å². The number of aromatic amines is 1. The Hall–Kier alpha value is -1.95. The van der Waals surface area contributed by atoms with Crippen molar-refractivity contribution in [2.45, 2.75) is 0 Å². The van der Waals surface area contributed by atoms with Crippen molar-refractivity contribution in [1.82, 2.24) is 9.55 Å². The molecule has 0 bridgehead atoms. The molecule has 0 fully saturated rings. The minimum Gasteiger partial charge on any atom is -0.295 e. The Balaban J connectivity index is 2.82. The number of halogens is 3. The Morgan fingerprint density at radius 3 is 2.59 bits per heavy atom. The van der Waals surface area contributed by atoms with Gasteiger partial charge in [-0.1, -0.05) is 17.7 Å². The fraction of sp³-hybridized carbons (Fsp3) is 0. The van der Waals surface area contributed by atoms with Crippen LogP contribution in [0.4, 0.5) is 8.78 Å². The maximum absolute atomic E-state index is 13.2. The normalized spacial score (nSPS) is 10.5. The maximum atomic E-state index is 13.2. The van der Waals surface area contributed by atoms with Gasteiger partial charge in [0, 0.05) is 0 Å². The third-order valence-electron chi connectivity index (χ3n) is 2.07. The molecule has 2 aromatic rings. The summed E-state index contributed by atoms with van der Waals surface area (Å²) in [6.07, 6.45) is 0. The van der Waals surface area contributed by atoms with Crippen LogP contribution >= 0.6 is 11.6 Å². The van der Waals surface area contributed by atoms with Crippen LogP contribution in [0.15, 0.2) is 33.9 Å². The zero-order valence-electron chi connectivity index (χ0n) is 8.21. The largest absolute Gasteiger partial charge is 0.334 e. The number of hydrogen-bond acceptors (Lipinski definition) is 2. The highest BCUT2D eigenvalue weighted by Crippen LogP contribution is 2.08. The molecule has 0 radical (unpaired) electrons. The van der Waals surface area contributed by atoms with E-state index in [0.29, 0.717) is 4.57 Å². The predicted octanol–water partition coefficient (Wildman–Crippen LogP) is 1.46. The van der Waals surface area contributed by atoms with Gasteiger partial charge in [-0.3, -0.25) is 9.78 Å². The first-order chi connectivity index (χ1) is 8.00. The van der Waals surface area contributed by atoms with E-state index in [1.54, 1.807) is 0 Å². The second kappa shape index (κ2) is 4.14. The summed E-state index contributed by atoms with van der Waals surface area (Å²) >= 11 is 5.29. The fourth-order valence-corrected chi connectivity index (χ4v) is 1.50. The summed E-state index contributed by atoms with van der Waals surface area (Å²) in [4.78, 5) is 24.9. The van der Waals surface area contributed by atoms with Crippen molar-refractivity contribution in [3.63, 3.8) is 0 Å². The van der Waals surface area contributed by atoms with Crippen LogP contribution in [0.5, 0.6) is 0 Å². The van der Waals surface area contributed by atoms with E-state index in [4.69, 9.17) is 11.6 Å². The number of nitrogens with one attached hydrogen (secondary N) is 1. The second-order valence-corrected chi connectivity index (χ2v) is 3.56. The maximum Gasteiger partial charge on any atom is 0.334 e. The van der Waals surface area contributed by atoms with Crippen molar-refractivity contribution in [2.75, 3.05) is 0 Å². The van der Waals surface area contributed by atoms with E-state index in [1.165, 1.54) is 12.1 Å². The zero-order chi connectivity index (χ0) is 12.6. The summed E-state index contributed by atoms with van der Waals surface area (Å²) in [6.45, 7) is 0. The molecule has 0 aliphatic heterocycles. The topological polar surface area (TPSA) is 54.9 Å². The van der Waals surface area contributed by atoms with E-state index in [1.807, 2.05) is 4.98 Å². The number of rotatable bonds is 1. The molecule has 1 heterocycles. The van der Waals surface area contributed by atoms with Crippen molar-refractivity contribution >= 4 is 11.6 Å². The lowest BCUT2D eigenvalue weighted by atomic mass is 10.3. The average Bonchev–Trinajstić information content (AvgIpc) is 2.26. The highest BCUT2D eigenvalue weighted by Gasteiger charge is 2.13. The Morgan fingerprint density at radius 1 is 1.24 bits per heavy atom. The second-order valence-electron chi connectivity index (χ2n) is 3.18. The Bertz CT molecular complexity index is 693. The molecular weight excluding hydrogens is 254 g/mol. The zero-order valence-corrected chi connectivity index (χ0v) is 8.96. The van der Waals surface area contributed by atoms with Gasteiger partial charge in [-0.15, -0.1) is 0 Å². The molecule has 0 spiro atoms. The van der Waals surface area contributed by atoms with Crippen molar-refractivity contribution in [3.05, 3.63) is 61.9 Å². The van der Waals surface area contributed by atoms with Crippen molar-refractivity contribution in [3.8, 4) is 5.69 Å². The van der Waals surface area contributed by atoms with Crippen LogP contribution in [-0.4, -0.2) is 9.55 Å². The average molecular weight is 259 g/mol. The molecule has 0 amide bonds. The molecule has 1 aromatic heterocycles. The smallest absolute Gasteiger partial charge is 0.295 e. The Labute approximate surface area is 98.1 Å². The lowest BCUT2D eigenvalue weighted by Gasteiger charge is -2.04. The molecule has 88 valence electrons. The van der Waals surface area contributed by atoms with Gasteiger partial charge in [0.15, 0.2) is 5.15 Å². The van der Waals surface area contributed by atoms with Crippen molar-refractivity contribution in [1.29, 1.82) is 0 Å². The first-order valence-electron chi connectivity index (χ1n) is 4.47. The molecule has 0 saturated carbocycles. The van der Waals surface area contributed by atoms with Gasteiger partial charge in [0.25, 0.3) is 5.56 Å². The minimum absolute atomic E-state index is 0.0770. The Morgan fingerprint density at radius 2 is 1.94 bits per heavy atom. The van der Waals surface area contributed by atoms with Gasteiger partial charge >= 0.3 is 5.69 Å². The van der Waals surface area contributed by atoms with Crippen LogP contribution in [0, 0.1) is 11.6 Å². The Kier molecular flexibility index (Phi) is 2.81. The fourth-order valence-electron chi connectivity index (χ4n) is 1.34. The molecule has 1 N–H and O–H groups in total. The monoisotopic (exact) mass is 258 g/mol. The van der Waals surface area contributed by atoms with Gasteiger partial charge in [0.05, 0.1) is 5.69 Å².